The highest BCUT2D eigenvalue weighted by atomic mass is 35.5. The largest absolute Gasteiger partial charge is 0.423 e. The van der Waals surface area contributed by atoms with Gasteiger partial charge in [0, 0.05) is 13.5 Å². The highest BCUT2D eigenvalue weighted by Crippen LogP contribution is 2.25. The van der Waals surface area contributed by atoms with E-state index in [-0.39, 0.29) is 36.2 Å². The van der Waals surface area contributed by atoms with Crippen LogP contribution >= 0.6 is 11.6 Å². The fraction of sp³-hybridized carbons (Fsp3) is 0.357. The normalized spacial score (nSPS) is 18.3. The Bertz CT molecular complexity index is 753. The van der Waals surface area contributed by atoms with Crippen LogP contribution in [0.3, 0.4) is 0 Å². The van der Waals surface area contributed by atoms with E-state index >= 15 is 0 Å². The van der Waals surface area contributed by atoms with Gasteiger partial charge < -0.3 is 14.1 Å². The molecule has 2 aromatic rings. The van der Waals surface area contributed by atoms with Gasteiger partial charge in [0.1, 0.15) is 11.6 Å². The van der Waals surface area contributed by atoms with Crippen molar-refractivity contribution in [3.63, 3.8) is 0 Å². The lowest BCUT2D eigenvalue weighted by Gasteiger charge is -2.31. The Morgan fingerprint density at radius 1 is 1.35 bits per heavy atom. The minimum absolute atomic E-state index is 0.101. The first-order valence-corrected chi connectivity index (χ1v) is 7.19. The average Bonchev–Trinajstić information content (AvgIpc) is 2.97. The Morgan fingerprint density at radius 2 is 2.13 bits per heavy atom. The summed E-state index contributed by atoms with van der Waals surface area (Å²) in [5.74, 6) is -1.77. The number of carbonyl (C=O) groups excluding carboxylic acids is 1. The van der Waals surface area contributed by atoms with Crippen molar-refractivity contribution in [2.45, 2.75) is 13.0 Å². The predicted molar refractivity (Wildman–Crippen MR) is 75.0 cm³/mol. The van der Waals surface area contributed by atoms with Crippen LogP contribution in [0.5, 0.6) is 0 Å². The number of halogens is 3. The first kappa shape index (κ1) is 15.8. The molecule has 6 nitrogen and oxygen atoms in total. The van der Waals surface area contributed by atoms with E-state index in [0.29, 0.717) is 5.89 Å². The Kier molecular flexibility index (Phi) is 4.27. The van der Waals surface area contributed by atoms with Crippen molar-refractivity contribution in [3.05, 3.63) is 46.1 Å². The van der Waals surface area contributed by atoms with Gasteiger partial charge in [-0.05, 0) is 12.1 Å². The molecule has 0 aliphatic carbocycles. The molecule has 1 unspecified atom stereocenters. The van der Waals surface area contributed by atoms with Gasteiger partial charge in [-0.3, -0.25) is 4.79 Å². The second-order valence-electron chi connectivity index (χ2n) is 5.02. The fourth-order valence-electron chi connectivity index (χ4n) is 2.28. The van der Waals surface area contributed by atoms with Crippen LogP contribution in [-0.2, 0) is 4.74 Å². The van der Waals surface area contributed by atoms with Gasteiger partial charge in [-0.2, -0.15) is 0 Å². The summed E-state index contributed by atoms with van der Waals surface area (Å²) >= 11 is 5.49. The number of nitrogens with zero attached hydrogens (tertiary/aromatic N) is 3. The van der Waals surface area contributed by atoms with E-state index in [2.05, 4.69) is 10.2 Å². The molecule has 1 aliphatic rings. The maximum absolute atomic E-state index is 13.9. The molecule has 1 saturated heterocycles. The number of morpholine rings is 1. The van der Waals surface area contributed by atoms with E-state index in [4.69, 9.17) is 20.8 Å². The quantitative estimate of drug-likeness (QED) is 0.784. The second-order valence-corrected chi connectivity index (χ2v) is 5.42. The molecule has 122 valence electrons. The topological polar surface area (TPSA) is 68.5 Å². The molecule has 0 radical (unpaired) electrons. The number of benzene rings is 1. The Labute approximate surface area is 135 Å². The van der Waals surface area contributed by atoms with E-state index in [1.165, 1.54) is 4.90 Å². The molecule has 23 heavy (non-hydrogen) atoms. The highest BCUT2D eigenvalue weighted by molar-refractivity contribution is 6.30. The van der Waals surface area contributed by atoms with Gasteiger partial charge in [-0.15, -0.1) is 10.2 Å². The van der Waals surface area contributed by atoms with Crippen LogP contribution in [0.1, 0.15) is 28.2 Å². The first-order valence-electron chi connectivity index (χ1n) is 6.81. The van der Waals surface area contributed by atoms with Gasteiger partial charge in [0.25, 0.3) is 5.91 Å². The summed E-state index contributed by atoms with van der Waals surface area (Å²) in [5.41, 5.74) is -0.380. The summed E-state index contributed by atoms with van der Waals surface area (Å²) in [5, 5.41) is 7.17. The molecule has 0 bridgehead atoms. The van der Waals surface area contributed by atoms with Crippen molar-refractivity contribution in [1.82, 2.24) is 15.1 Å². The summed E-state index contributed by atoms with van der Waals surface area (Å²) in [7, 11) is 0. The van der Waals surface area contributed by atoms with Crippen molar-refractivity contribution < 1.29 is 22.7 Å². The zero-order valence-corrected chi connectivity index (χ0v) is 12.8. The number of hydrogen-bond donors (Lipinski definition) is 0. The van der Waals surface area contributed by atoms with Crippen LogP contribution in [0.2, 0.25) is 5.02 Å². The molecule has 1 atom stereocenters. The van der Waals surface area contributed by atoms with Crippen molar-refractivity contribution in [1.29, 1.82) is 0 Å². The van der Waals surface area contributed by atoms with Crippen LogP contribution in [0, 0.1) is 18.6 Å². The Morgan fingerprint density at radius 3 is 2.83 bits per heavy atom. The third-order valence-electron chi connectivity index (χ3n) is 3.41. The van der Waals surface area contributed by atoms with E-state index < -0.39 is 23.6 Å². The van der Waals surface area contributed by atoms with Gasteiger partial charge in [0.2, 0.25) is 11.8 Å². The molecular formula is C14H12ClF2N3O3. The van der Waals surface area contributed by atoms with Crippen molar-refractivity contribution in [2.75, 3.05) is 19.7 Å². The molecular weight excluding hydrogens is 332 g/mol. The molecule has 0 spiro atoms. The number of aryl methyl sites for hydroxylation is 1. The van der Waals surface area contributed by atoms with E-state index in [9.17, 15) is 13.6 Å². The van der Waals surface area contributed by atoms with Gasteiger partial charge in [0.15, 0.2) is 6.10 Å². The van der Waals surface area contributed by atoms with Gasteiger partial charge in [0.05, 0.1) is 23.7 Å². The lowest BCUT2D eigenvalue weighted by Crippen LogP contribution is -2.42. The third kappa shape index (κ3) is 3.18. The van der Waals surface area contributed by atoms with Crippen LogP contribution in [0.25, 0.3) is 0 Å². The maximum atomic E-state index is 13.9. The maximum Gasteiger partial charge on any atom is 0.257 e. The highest BCUT2D eigenvalue weighted by Gasteiger charge is 2.30. The summed E-state index contributed by atoms with van der Waals surface area (Å²) in [4.78, 5) is 13.8. The molecule has 2 heterocycles. The van der Waals surface area contributed by atoms with E-state index in [1.807, 2.05) is 0 Å². The van der Waals surface area contributed by atoms with Crippen molar-refractivity contribution in [2.24, 2.45) is 0 Å². The monoisotopic (exact) mass is 343 g/mol. The molecule has 3 rings (SSSR count). The van der Waals surface area contributed by atoms with E-state index in [0.717, 1.165) is 12.1 Å². The molecule has 1 aliphatic heterocycles. The third-order valence-corrected chi connectivity index (χ3v) is 3.70. The van der Waals surface area contributed by atoms with Crippen LogP contribution in [-0.4, -0.2) is 40.7 Å². The molecule has 1 amide bonds. The van der Waals surface area contributed by atoms with Crippen molar-refractivity contribution >= 4 is 17.5 Å². The number of rotatable bonds is 2. The smallest absolute Gasteiger partial charge is 0.257 e. The number of aromatic nitrogens is 2. The van der Waals surface area contributed by atoms with Gasteiger partial charge in [-0.1, -0.05) is 11.6 Å². The number of hydrogen-bond acceptors (Lipinski definition) is 5. The van der Waals surface area contributed by atoms with Crippen molar-refractivity contribution in [3.8, 4) is 0 Å². The van der Waals surface area contributed by atoms with Gasteiger partial charge >= 0.3 is 0 Å². The molecule has 0 saturated carbocycles. The van der Waals surface area contributed by atoms with Crippen LogP contribution in [0.15, 0.2) is 16.5 Å². The minimum Gasteiger partial charge on any atom is -0.423 e. The fourth-order valence-corrected chi connectivity index (χ4v) is 2.43. The summed E-state index contributed by atoms with van der Waals surface area (Å²) in [6.07, 6.45) is -0.603. The molecule has 9 heteroatoms. The molecule has 1 aromatic heterocycles. The zero-order chi connectivity index (χ0) is 16.6. The lowest BCUT2D eigenvalue weighted by molar-refractivity contribution is -0.0350. The van der Waals surface area contributed by atoms with Crippen LogP contribution < -0.4 is 0 Å². The average molecular weight is 344 g/mol. The Balaban J connectivity index is 1.81. The molecule has 0 N–H and O–H groups in total. The Hall–Kier alpha value is -2.06. The first-order chi connectivity index (χ1) is 11.0. The summed E-state index contributed by atoms with van der Waals surface area (Å²) in [6.45, 7) is 2.19. The number of carbonyl (C=O) groups is 1. The second kappa shape index (κ2) is 6.21. The standard InChI is InChI=1S/C14H12ClF2N3O3/c1-7-18-19-13(23-7)12-6-20(2-3-22-12)14(21)8-4-11(17)9(15)5-10(8)16/h4-5,12H,2-3,6H2,1H3. The van der Waals surface area contributed by atoms with E-state index in [1.54, 1.807) is 6.92 Å². The number of amides is 1. The summed E-state index contributed by atoms with van der Waals surface area (Å²) < 4.78 is 38.2. The SMILES string of the molecule is Cc1nnc(C2CN(C(=O)c3cc(F)c(Cl)cc3F)CCO2)o1. The zero-order valence-electron chi connectivity index (χ0n) is 12.1. The molecule has 1 aromatic carbocycles. The van der Waals surface area contributed by atoms with Crippen LogP contribution in [0.4, 0.5) is 8.78 Å². The minimum atomic E-state index is -0.877. The lowest BCUT2D eigenvalue weighted by atomic mass is 10.1. The molecule has 1 fully saturated rings. The van der Waals surface area contributed by atoms with Gasteiger partial charge in [-0.25, -0.2) is 8.78 Å². The predicted octanol–water partition coefficient (Wildman–Crippen LogP) is 2.52. The summed E-state index contributed by atoms with van der Waals surface area (Å²) in [6, 6.07) is 1.57. The number of ether oxygens (including phenoxy) is 1.